The van der Waals surface area contributed by atoms with Crippen LogP contribution in [0.2, 0.25) is 0 Å². The summed E-state index contributed by atoms with van der Waals surface area (Å²) in [6.45, 7) is 7.21. The van der Waals surface area contributed by atoms with Gasteiger partial charge in [0.05, 0.1) is 17.7 Å². The normalized spacial score (nSPS) is 12.1. The Morgan fingerprint density at radius 2 is 1.54 bits per heavy atom. The monoisotopic (exact) mass is 551 g/mol. The van der Waals surface area contributed by atoms with Crippen molar-refractivity contribution in [2.45, 2.75) is 57.6 Å². The fourth-order valence-corrected chi connectivity index (χ4v) is 5.60. The molecule has 0 fully saturated rings. The van der Waals surface area contributed by atoms with Gasteiger partial charge in [0.1, 0.15) is 18.3 Å². The van der Waals surface area contributed by atoms with Crippen molar-refractivity contribution in [3.63, 3.8) is 0 Å². The Labute approximate surface area is 231 Å². The van der Waals surface area contributed by atoms with Crippen LogP contribution in [0.5, 0.6) is 5.75 Å². The van der Waals surface area contributed by atoms with Gasteiger partial charge < -0.3 is 15.0 Å². The number of hydrogen-bond acceptors (Lipinski definition) is 5. The van der Waals surface area contributed by atoms with Crippen LogP contribution in [-0.4, -0.2) is 50.9 Å². The van der Waals surface area contributed by atoms with Crippen molar-refractivity contribution in [1.29, 1.82) is 0 Å². The summed E-state index contributed by atoms with van der Waals surface area (Å²) in [6, 6.07) is 21.3. The van der Waals surface area contributed by atoms with E-state index < -0.39 is 28.5 Å². The van der Waals surface area contributed by atoms with Crippen molar-refractivity contribution >= 4 is 27.5 Å². The highest BCUT2D eigenvalue weighted by atomic mass is 32.2. The summed E-state index contributed by atoms with van der Waals surface area (Å²) in [5, 5.41) is 2.90. The molecule has 0 aliphatic rings. The molecule has 1 N–H and O–H groups in total. The number of ether oxygens (including phenoxy) is 1. The maximum atomic E-state index is 14.0. The van der Waals surface area contributed by atoms with Crippen LogP contribution in [0.4, 0.5) is 5.69 Å². The maximum Gasteiger partial charge on any atom is 0.264 e. The zero-order chi connectivity index (χ0) is 28.6. The van der Waals surface area contributed by atoms with Crippen molar-refractivity contribution in [1.82, 2.24) is 10.2 Å². The fourth-order valence-electron chi connectivity index (χ4n) is 4.19. The van der Waals surface area contributed by atoms with Gasteiger partial charge in [-0.05, 0) is 69.2 Å². The Hall–Kier alpha value is -3.85. The second-order valence-corrected chi connectivity index (χ2v) is 11.5. The lowest BCUT2D eigenvalue weighted by Gasteiger charge is -2.33. The average molecular weight is 552 g/mol. The highest BCUT2D eigenvalue weighted by Crippen LogP contribution is 2.26. The third-order valence-corrected chi connectivity index (χ3v) is 8.05. The molecule has 208 valence electrons. The van der Waals surface area contributed by atoms with Crippen molar-refractivity contribution in [2.75, 3.05) is 18.0 Å². The van der Waals surface area contributed by atoms with E-state index in [1.54, 1.807) is 42.5 Å². The number of nitrogens with zero attached hydrogens (tertiary/aromatic N) is 2. The number of carbonyl (C=O) groups excluding carboxylic acids is 2. The molecule has 0 aliphatic carbocycles. The lowest BCUT2D eigenvalue weighted by Crippen LogP contribution is -2.53. The molecular weight excluding hydrogens is 514 g/mol. The van der Waals surface area contributed by atoms with Crippen LogP contribution in [-0.2, 0) is 26.2 Å². The number of anilines is 1. The predicted octanol–water partition coefficient (Wildman–Crippen LogP) is 4.53. The van der Waals surface area contributed by atoms with E-state index in [1.165, 1.54) is 24.1 Å². The van der Waals surface area contributed by atoms with Crippen molar-refractivity contribution in [3.05, 3.63) is 90.0 Å². The number of aryl methyl sites for hydroxylation is 1. The first-order valence-electron chi connectivity index (χ1n) is 12.9. The number of para-hydroxylation sites is 1. The van der Waals surface area contributed by atoms with E-state index in [1.807, 2.05) is 52.0 Å². The molecule has 0 aromatic heterocycles. The van der Waals surface area contributed by atoms with Crippen LogP contribution in [0.25, 0.3) is 0 Å². The Morgan fingerprint density at radius 1 is 0.923 bits per heavy atom. The van der Waals surface area contributed by atoms with Crippen LogP contribution in [0.15, 0.2) is 83.8 Å². The summed E-state index contributed by atoms with van der Waals surface area (Å²) >= 11 is 0. The van der Waals surface area contributed by atoms with Crippen LogP contribution < -0.4 is 14.4 Å². The Morgan fingerprint density at radius 3 is 2.08 bits per heavy atom. The molecule has 0 heterocycles. The highest BCUT2D eigenvalue weighted by Gasteiger charge is 2.33. The first-order chi connectivity index (χ1) is 18.6. The molecule has 0 bridgehead atoms. The minimum Gasteiger partial charge on any atom is -0.497 e. The molecule has 0 radical (unpaired) electrons. The zero-order valence-corrected chi connectivity index (χ0v) is 23.9. The Balaban J connectivity index is 2.03. The van der Waals surface area contributed by atoms with Gasteiger partial charge in [-0.15, -0.1) is 0 Å². The van der Waals surface area contributed by atoms with Crippen LogP contribution in [0.1, 0.15) is 38.3 Å². The second kappa shape index (κ2) is 13.3. The average Bonchev–Trinajstić information content (AvgIpc) is 2.92. The third kappa shape index (κ3) is 7.60. The van der Waals surface area contributed by atoms with Gasteiger partial charge in [-0.25, -0.2) is 8.42 Å². The van der Waals surface area contributed by atoms with Gasteiger partial charge in [-0.1, -0.05) is 55.0 Å². The summed E-state index contributed by atoms with van der Waals surface area (Å²) in [5.74, 6) is -0.248. The molecule has 2 amide bonds. The predicted molar refractivity (Wildman–Crippen MR) is 153 cm³/mol. The first kappa shape index (κ1) is 29.7. The molecule has 3 aromatic rings. The molecule has 9 heteroatoms. The molecule has 0 aliphatic heterocycles. The molecule has 3 rings (SSSR count). The number of carbonyl (C=O) groups is 2. The summed E-state index contributed by atoms with van der Waals surface area (Å²) in [7, 11) is -2.63. The summed E-state index contributed by atoms with van der Waals surface area (Å²) in [6.07, 6.45) is 0.368. The quantitative estimate of drug-likeness (QED) is 0.357. The van der Waals surface area contributed by atoms with E-state index in [4.69, 9.17) is 4.74 Å². The van der Waals surface area contributed by atoms with Gasteiger partial charge in [0.2, 0.25) is 11.8 Å². The van der Waals surface area contributed by atoms with Gasteiger partial charge >= 0.3 is 0 Å². The van der Waals surface area contributed by atoms with Crippen LogP contribution >= 0.6 is 0 Å². The Kier molecular flexibility index (Phi) is 10.1. The van der Waals surface area contributed by atoms with Crippen LogP contribution in [0.3, 0.4) is 0 Å². The van der Waals surface area contributed by atoms with Crippen molar-refractivity contribution in [2.24, 2.45) is 0 Å². The molecule has 0 unspecified atom stereocenters. The maximum absolute atomic E-state index is 14.0. The summed E-state index contributed by atoms with van der Waals surface area (Å²) < 4.78 is 33.9. The molecule has 1 atom stereocenters. The number of rotatable bonds is 12. The number of nitrogens with one attached hydrogen (secondary N) is 1. The third-order valence-electron chi connectivity index (χ3n) is 6.26. The number of benzene rings is 3. The number of methoxy groups -OCH3 is 1. The largest absolute Gasteiger partial charge is 0.497 e. The van der Waals surface area contributed by atoms with E-state index in [0.717, 1.165) is 15.4 Å². The van der Waals surface area contributed by atoms with E-state index in [-0.39, 0.29) is 23.4 Å². The molecule has 39 heavy (non-hydrogen) atoms. The molecule has 8 nitrogen and oxygen atoms in total. The van der Waals surface area contributed by atoms with Gasteiger partial charge in [0, 0.05) is 12.6 Å². The van der Waals surface area contributed by atoms with Crippen LogP contribution in [0, 0.1) is 6.92 Å². The fraction of sp³-hybridized carbons (Fsp3) is 0.333. The van der Waals surface area contributed by atoms with E-state index >= 15 is 0 Å². The van der Waals surface area contributed by atoms with E-state index in [0.29, 0.717) is 17.9 Å². The zero-order valence-electron chi connectivity index (χ0n) is 23.1. The van der Waals surface area contributed by atoms with Gasteiger partial charge in [-0.2, -0.15) is 0 Å². The summed E-state index contributed by atoms with van der Waals surface area (Å²) in [5.41, 5.74) is 2.26. The molecule has 3 aromatic carbocycles. The highest BCUT2D eigenvalue weighted by molar-refractivity contribution is 7.92. The minimum atomic E-state index is -4.13. The lowest BCUT2D eigenvalue weighted by atomic mass is 10.1. The molecule has 0 spiro atoms. The number of sulfonamides is 1. The smallest absolute Gasteiger partial charge is 0.264 e. The summed E-state index contributed by atoms with van der Waals surface area (Å²) in [4.78, 5) is 28.6. The van der Waals surface area contributed by atoms with E-state index in [2.05, 4.69) is 5.32 Å². The first-order valence-corrected chi connectivity index (χ1v) is 14.4. The SMILES string of the molecule is CC[C@@H](C(=O)NC(C)C)N(Cc1ccc(C)cc1)C(=O)CN(c1ccccc1)S(=O)(=O)c1ccc(OC)cc1. The molecule has 0 saturated carbocycles. The standard InChI is InChI=1S/C30H37N3O5S/c1-6-28(30(35)31-22(2)3)32(20-24-14-12-23(4)13-15-24)29(34)21-33(25-10-8-7-9-11-25)39(36,37)27-18-16-26(38-5)17-19-27/h7-19,22,28H,6,20-21H2,1-5H3,(H,31,35)/t28-/m0/s1. The number of amides is 2. The minimum absolute atomic E-state index is 0.0228. The van der Waals surface area contributed by atoms with Crippen molar-refractivity contribution in [3.8, 4) is 5.75 Å². The Bertz CT molecular complexity index is 1340. The van der Waals surface area contributed by atoms with Gasteiger partial charge in [0.15, 0.2) is 0 Å². The second-order valence-electron chi connectivity index (χ2n) is 9.62. The molecular formula is C30H37N3O5S. The number of hydrogen-bond donors (Lipinski definition) is 1. The van der Waals surface area contributed by atoms with Crippen molar-refractivity contribution < 1.29 is 22.7 Å². The van der Waals surface area contributed by atoms with Gasteiger partial charge in [-0.3, -0.25) is 13.9 Å². The topological polar surface area (TPSA) is 96.0 Å². The van der Waals surface area contributed by atoms with E-state index in [9.17, 15) is 18.0 Å². The lowest BCUT2D eigenvalue weighted by molar-refractivity contribution is -0.140. The molecule has 0 saturated heterocycles. The van der Waals surface area contributed by atoms with Gasteiger partial charge in [0.25, 0.3) is 10.0 Å².